The van der Waals surface area contributed by atoms with Gasteiger partial charge >= 0.3 is 0 Å². The van der Waals surface area contributed by atoms with Crippen molar-refractivity contribution in [2.75, 3.05) is 39.9 Å². The van der Waals surface area contributed by atoms with Gasteiger partial charge in [0.1, 0.15) is 5.75 Å². The first kappa shape index (κ1) is 16.7. The van der Waals surface area contributed by atoms with Crippen LogP contribution in [-0.2, 0) is 10.3 Å². The molecule has 0 aromatic heterocycles. The van der Waals surface area contributed by atoms with Crippen LogP contribution >= 0.6 is 0 Å². The fourth-order valence-electron chi connectivity index (χ4n) is 4.38. The lowest BCUT2D eigenvalue weighted by molar-refractivity contribution is -0.0145. The van der Waals surface area contributed by atoms with Gasteiger partial charge in [0.2, 0.25) is 0 Å². The average Bonchev–Trinajstić information content (AvgIpc) is 2.62. The topological polar surface area (TPSA) is 35.9 Å². The zero-order valence-electron chi connectivity index (χ0n) is 14.5. The molecule has 1 saturated carbocycles. The quantitative estimate of drug-likeness (QED) is 0.926. The van der Waals surface area contributed by atoms with E-state index in [-0.39, 0.29) is 5.54 Å². The van der Waals surface area contributed by atoms with E-state index in [1.165, 1.54) is 18.4 Å². The van der Waals surface area contributed by atoms with Gasteiger partial charge in [0.05, 0.1) is 13.2 Å². The Hall–Kier alpha value is -1.10. The number of nitrogens with zero attached hydrogens (tertiary/aromatic N) is 2. The summed E-state index contributed by atoms with van der Waals surface area (Å²) in [6, 6.07) is 8.57. The van der Waals surface area contributed by atoms with Gasteiger partial charge in [0, 0.05) is 24.7 Å². The first-order valence-corrected chi connectivity index (χ1v) is 8.98. The Morgan fingerprint density at radius 3 is 2.57 bits per heavy atom. The summed E-state index contributed by atoms with van der Waals surface area (Å²) in [5.74, 6) is 0.377. The van der Waals surface area contributed by atoms with Gasteiger partial charge in [-0.3, -0.25) is 9.80 Å². The smallest absolute Gasteiger partial charge is 0.115 e. The third kappa shape index (κ3) is 3.39. The van der Waals surface area contributed by atoms with Crippen molar-refractivity contribution in [3.63, 3.8) is 0 Å². The highest BCUT2D eigenvalue weighted by Crippen LogP contribution is 2.43. The van der Waals surface area contributed by atoms with Gasteiger partial charge in [0.15, 0.2) is 0 Å². The molecule has 2 aliphatic rings. The zero-order valence-corrected chi connectivity index (χ0v) is 14.5. The first-order valence-electron chi connectivity index (χ1n) is 8.98. The fourth-order valence-corrected chi connectivity index (χ4v) is 4.38. The molecule has 4 heteroatoms. The summed E-state index contributed by atoms with van der Waals surface area (Å²) in [6.45, 7) is 7.16. The average molecular weight is 318 g/mol. The van der Waals surface area contributed by atoms with E-state index in [1.807, 2.05) is 12.1 Å². The molecule has 1 aromatic rings. The van der Waals surface area contributed by atoms with Crippen molar-refractivity contribution < 1.29 is 9.84 Å². The molecule has 0 radical (unpaired) electrons. The maximum absolute atomic E-state index is 9.93. The Morgan fingerprint density at radius 1 is 1.26 bits per heavy atom. The third-order valence-electron chi connectivity index (χ3n) is 5.93. The molecule has 3 rings (SSSR count). The molecule has 1 saturated heterocycles. The molecule has 1 aliphatic carbocycles. The summed E-state index contributed by atoms with van der Waals surface area (Å²) in [7, 11) is 2.22. The summed E-state index contributed by atoms with van der Waals surface area (Å²) in [5.41, 5.74) is 1.33. The second kappa shape index (κ2) is 7.20. The molecular formula is C19H30N2O2. The maximum atomic E-state index is 9.93. The second-order valence-corrected chi connectivity index (χ2v) is 6.98. The van der Waals surface area contributed by atoms with E-state index in [9.17, 15) is 5.11 Å². The van der Waals surface area contributed by atoms with E-state index in [4.69, 9.17) is 4.74 Å². The van der Waals surface area contributed by atoms with Gasteiger partial charge < -0.3 is 9.84 Å². The molecule has 0 atom stereocenters. The van der Waals surface area contributed by atoms with Crippen LogP contribution in [0, 0.1) is 0 Å². The van der Waals surface area contributed by atoms with Gasteiger partial charge in [-0.1, -0.05) is 19.1 Å². The largest absolute Gasteiger partial charge is 0.508 e. The molecule has 0 amide bonds. The lowest BCUT2D eigenvalue weighted by Crippen LogP contribution is -2.51. The molecular weight excluding hydrogens is 288 g/mol. The van der Waals surface area contributed by atoms with E-state index < -0.39 is 0 Å². The molecule has 1 heterocycles. The van der Waals surface area contributed by atoms with Crippen molar-refractivity contribution in [2.45, 2.75) is 44.2 Å². The second-order valence-electron chi connectivity index (χ2n) is 6.98. The van der Waals surface area contributed by atoms with E-state index in [0.717, 1.165) is 45.7 Å². The predicted molar refractivity (Wildman–Crippen MR) is 92.7 cm³/mol. The SMILES string of the molecule is CCN(C)C1(c2cccc(O)c2)CCC(N2CCOCC2)CC1. The molecule has 1 N–H and O–H groups in total. The van der Waals surface area contributed by atoms with Crippen LogP contribution in [0.3, 0.4) is 0 Å². The van der Waals surface area contributed by atoms with Crippen molar-refractivity contribution in [1.29, 1.82) is 0 Å². The molecule has 0 bridgehead atoms. The molecule has 1 aliphatic heterocycles. The molecule has 23 heavy (non-hydrogen) atoms. The minimum atomic E-state index is 0.0658. The van der Waals surface area contributed by atoms with Crippen molar-refractivity contribution in [1.82, 2.24) is 9.80 Å². The van der Waals surface area contributed by atoms with E-state index >= 15 is 0 Å². The number of aromatic hydroxyl groups is 1. The number of hydrogen-bond donors (Lipinski definition) is 1. The number of phenolic OH excluding ortho intramolecular Hbond substituents is 1. The van der Waals surface area contributed by atoms with Gasteiger partial charge in [-0.25, -0.2) is 0 Å². The van der Waals surface area contributed by atoms with Crippen LogP contribution in [0.1, 0.15) is 38.2 Å². The van der Waals surface area contributed by atoms with E-state index in [0.29, 0.717) is 11.8 Å². The van der Waals surface area contributed by atoms with Gasteiger partial charge in [-0.15, -0.1) is 0 Å². The Morgan fingerprint density at radius 2 is 1.96 bits per heavy atom. The number of ether oxygens (including phenoxy) is 1. The lowest BCUT2D eigenvalue weighted by Gasteiger charge is -2.49. The highest BCUT2D eigenvalue weighted by Gasteiger charge is 2.41. The van der Waals surface area contributed by atoms with Crippen LogP contribution in [0.4, 0.5) is 0 Å². The van der Waals surface area contributed by atoms with Crippen molar-refractivity contribution in [3.8, 4) is 5.75 Å². The lowest BCUT2D eigenvalue weighted by atomic mass is 9.73. The molecule has 2 fully saturated rings. The highest BCUT2D eigenvalue weighted by atomic mass is 16.5. The van der Waals surface area contributed by atoms with E-state index in [2.05, 4.69) is 29.8 Å². The number of phenols is 1. The monoisotopic (exact) mass is 318 g/mol. The van der Waals surface area contributed by atoms with Crippen molar-refractivity contribution >= 4 is 0 Å². The number of benzene rings is 1. The van der Waals surface area contributed by atoms with Crippen LogP contribution in [-0.4, -0.2) is 60.8 Å². The Bertz CT molecular complexity index is 506. The van der Waals surface area contributed by atoms with Gasteiger partial charge in [-0.05, 0) is 57.0 Å². The molecule has 0 spiro atoms. The predicted octanol–water partition coefficient (Wildman–Crippen LogP) is 2.81. The molecule has 0 unspecified atom stereocenters. The van der Waals surface area contributed by atoms with Crippen LogP contribution in [0.2, 0.25) is 0 Å². The van der Waals surface area contributed by atoms with E-state index in [1.54, 1.807) is 6.07 Å². The van der Waals surface area contributed by atoms with Gasteiger partial charge in [0.25, 0.3) is 0 Å². The standard InChI is InChI=1S/C19H30N2O2/c1-3-20(2)19(16-5-4-6-18(22)15-16)9-7-17(8-10-19)21-11-13-23-14-12-21/h4-6,15,17,22H,3,7-14H2,1-2H3. The van der Waals surface area contributed by atoms with Crippen LogP contribution in [0.25, 0.3) is 0 Å². The van der Waals surface area contributed by atoms with Crippen LogP contribution in [0.5, 0.6) is 5.75 Å². The van der Waals surface area contributed by atoms with Gasteiger partial charge in [-0.2, -0.15) is 0 Å². The Kier molecular flexibility index (Phi) is 5.24. The Balaban J connectivity index is 1.77. The number of morpholine rings is 1. The minimum Gasteiger partial charge on any atom is -0.508 e. The normalized spacial score (nSPS) is 29.8. The number of rotatable bonds is 4. The summed E-state index contributed by atoms with van der Waals surface area (Å²) in [6.07, 6.45) is 4.76. The highest BCUT2D eigenvalue weighted by molar-refractivity contribution is 5.33. The first-order chi connectivity index (χ1) is 11.2. The molecule has 4 nitrogen and oxygen atoms in total. The van der Waals surface area contributed by atoms with Crippen molar-refractivity contribution in [3.05, 3.63) is 29.8 Å². The fraction of sp³-hybridized carbons (Fsp3) is 0.684. The number of hydrogen-bond acceptors (Lipinski definition) is 4. The zero-order chi connectivity index (χ0) is 16.3. The molecule has 128 valence electrons. The van der Waals surface area contributed by atoms with Crippen LogP contribution < -0.4 is 0 Å². The third-order valence-corrected chi connectivity index (χ3v) is 5.93. The minimum absolute atomic E-state index is 0.0658. The summed E-state index contributed by atoms with van der Waals surface area (Å²) >= 11 is 0. The van der Waals surface area contributed by atoms with Crippen molar-refractivity contribution in [2.24, 2.45) is 0 Å². The maximum Gasteiger partial charge on any atom is 0.115 e. The summed E-state index contributed by atoms with van der Waals surface area (Å²) in [4.78, 5) is 5.08. The summed E-state index contributed by atoms with van der Waals surface area (Å²) in [5, 5.41) is 9.93. The van der Waals surface area contributed by atoms with Crippen LogP contribution in [0.15, 0.2) is 24.3 Å². The Labute approximate surface area is 140 Å². The molecule has 1 aromatic carbocycles. The summed E-state index contributed by atoms with van der Waals surface area (Å²) < 4.78 is 5.49.